The van der Waals surface area contributed by atoms with Crippen LogP contribution < -0.4 is 14.7 Å². The number of para-hydroxylation sites is 1. The van der Waals surface area contributed by atoms with Crippen LogP contribution in [0.2, 0.25) is 0 Å². The van der Waals surface area contributed by atoms with Crippen molar-refractivity contribution in [2.24, 2.45) is 11.3 Å². The molecule has 1 aromatic heterocycles. The van der Waals surface area contributed by atoms with Crippen molar-refractivity contribution in [2.45, 2.75) is 33.1 Å². The number of hydrogen-bond acceptors (Lipinski definition) is 5. The van der Waals surface area contributed by atoms with Gasteiger partial charge >= 0.3 is 0 Å². The first-order chi connectivity index (χ1) is 23.6. The molecule has 4 aromatic carbocycles. The monoisotopic (exact) mass is 661 g/mol. The second-order valence-electron chi connectivity index (χ2n) is 14.2. The third-order valence-corrected chi connectivity index (χ3v) is 11.1. The van der Waals surface area contributed by atoms with Gasteiger partial charge in [0.2, 0.25) is 5.70 Å². The molecule has 0 saturated carbocycles. The van der Waals surface area contributed by atoms with Crippen molar-refractivity contribution in [3.8, 4) is 0 Å². The lowest BCUT2D eigenvalue weighted by Crippen LogP contribution is -2.31. The molecule has 1 unspecified atom stereocenters. The Balaban J connectivity index is 1.24. The molecule has 1 heterocycles. The fourth-order valence-electron chi connectivity index (χ4n) is 7.37. The van der Waals surface area contributed by atoms with E-state index in [1.807, 2.05) is 18.2 Å². The first-order valence-electron chi connectivity index (χ1n) is 17.0. The van der Waals surface area contributed by atoms with Gasteiger partial charge in [0.25, 0.3) is 0 Å². The summed E-state index contributed by atoms with van der Waals surface area (Å²) in [6.07, 6.45) is 7.74. The van der Waals surface area contributed by atoms with E-state index in [9.17, 15) is 0 Å². The molecule has 0 spiro atoms. The largest absolute Gasteiger partial charge is 0.378 e. The highest BCUT2D eigenvalue weighted by molar-refractivity contribution is 7.19. The van der Waals surface area contributed by atoms with Crippen molar-refractivity contribution in [1.29, 1.82) is 0 Å². The molecule has 0 aliphatic heterocycles. The van der Waals surface area contributed by atoms with Gasteiger partial charge in [-0.3, -0.25) is 0 Å². The Kier molecular flexibility index (Phi) is 8.64. The smallest absolute Gasteiger partial charge is 0.225 e. The number of nitrogens with zero attached hydrogens (tertiary/aromatic N) is 5. The Morgan fingerprint density at radius 3 is 1.86 bits per heavy atom. The highest BCUT2D eigenvalue weighted by Gasteiger charge is 2.38. The van der Waals surface area contributed by atoms with Crippen LogP contribution in [0, 0.1) is 17.9 Å². The lowest BCUT2D eigenvalue weighted by atomic mass is 9.62. The van der Waals surface area contributed by atoms with Crippen LogP contribution in [0.4, 0.5) is 28.4 Å². The van der Waals surface area contributed by atoms with Gasteiger partial charge in [-0.1, -0.05) is 50.3 Å². The number of anilines is 5. The molecule has 49 heavy (non-hydrogen) atoms. The number of fused-ring (bicyclic) bond motifs is 2. The molecule has 0 amide bonds. The number of thiazole rings is 1. The van der Waals surface area contributed by atoms with Gasteiger partial charge in [-0.2, -0.15) is 0 Å². The molecule has 0 N–H and O–H groups in total. The zero-order chi connectivity index (χ0) is 34.3. The summed E-state index contributed by atoms with van der Waals surface area (Å²) in [6, 6.07) is 34.7. The molecule has 2 aliphatic carbocycles. The molecular formula is C43H43N5S. The van der Waals surface area contributed by atoms with E-state index in [2.05, 4.69) is 153 Å². The van der Waals surface area contributed by atoms with Gasteiger partial charge in [0.15, 0.2) is 0 Å². The van der Waals surface area contributed by atoms with Crippen LogP contribution in [0.3, 0.4) is 0 Å². The molecule has 246 valence electrons. The van der Waals surface area contributed by atoms with Crippen molar-refractivity contribution in [3.05, 3.63) is 142 Å². The maximum atomic E-state index is 8.16. The van der Waals surface area contributed by atoms with Crippen LogP contribution in [0.5, 0.6) is 0 Å². The van der Waals surface area contributed by atoms with Crippen molar-refractivity contribution in [1.82, 2.24) is 4.98 Å². The van der Waals surface area contributed by atoms with E-state index in [4.69, 9.17) is 11.6 Å². The van der Waals surface area contributed by atoms with Crippen LogP contribution in [-0.2, 0) is 0 Å². The summed E-state index contributed by atoms with van der Waals surface area (Å²) in [4.78, 5) is 15.5. The fraction of sp³-hybridized carbons (Fsp3) is 0.256. The second kappa shape index (κ2) is 13.1. The predicted molar refractivity (Wildman–Crippen MR) is 210 cm³/mol. The first kappa shape index (κ1) is 32.4. The number of aromatic nitrogens is 1. The zero-order valence-electron chi connectivity index (χ0n) is 29.2. The highest BCUT2D eigenvalue weighted by atomic mass is 32.1. The summed E-state index contributed by atoms with van der Waals surface area (Å²) in [5.41, 5.74) is 12.5. The van der Waals surface area contributed by atoms with Gasteiger partial charge < -0.3 is 14.7 Å². The molecule has 6 heteroatoms. The molecule has 0 saturated heterocycles. The Bertz CT molecular complexity index is 2040. The maximum absolute atomic E-state index is 8.16. The standard InChI is InChI=1S/C43H43N5S/c1-43(2)28-32(41(44-3)42-45-39-10-8-9-11-40(39)49-42)27-31-26-30(14-25-38(31)43)29-12-15-35(16-13-29)48(36-21-17-33(18-22-36)46(4)5)37-23-19-34(20-24-37)47(6)7/h8-13,15-24,26-27,38H,14,25,28H2,1-2,4-7H3. The van der Waals surface area contributed by atoms with Gasteiger partial charge in [0, 0.05) is 56.6 Å². The number of benzene rings is 4. The Morgan fingerprint density at radius 2 is 1.31 bits per heavy atom. The normalized spacial score (nSPS) is 17.8. The molecule has 0 fully saturated rings. The van der Waals surface area contributed by atoms with Crippen LogP contribution in [0.25, 0.3) is 26.3 Å². The highest BCUT2D eigenvalue weighted by Crippen LogP contribution is 2.51. The minimum atomic E-state index is 0.0582. The van der Waals surface area contributed by atoms with Gasteiger partial charge in [0.05, 0.1) is 16.8 Å². The van der Waals surface area contributed by atoms with E-state index in [-0.39, 0.29) is 5.41 Å². The van der Waals surface area contributed by atoms with Gasteiger partial charge in [0.1, 0.15) is 5.01 Å². The molecule has 7 rings (SSSR count). The summed E-state index contributed by atoms with van der Waals surface area (Å²) in [7, 11) is 8.28. The van der Waals surface area contributed by atoms with Crippen molar-refractivity contribution in [2.75, 3.05) is 42.9 Å². The average molecular weight is 662 g/mol. The predicted octanol–water partition coefficient (Wildman–Crippen LogP) is 11.4. The van der Waals surface area contributed by atoms with Crippen LogP contribution in [0.1, 0.15) is 43.7 Å². The molecule has 5 nitrogen and oxygen atoms in total. The zero-order valence-corrected chi connectivity index (χ0v) is 30.1. The summed E-state index contributed by atoms with van der Waals surface area (Å²) in [6.45, 7) is 12.9. The SMILES string of the molecule is [C-]#[N+]C(=C1C=C2C=C(c3ccc(N(c4ccc(N(C)C)cc4)c4ccc(N(C)C)cc4)cc3)CCC2C(C)(C)C1)c1nc2ccccc2s1. The average Bonchev–Trinajstić information content (AvgIpc) is 3.53. The van der Waals surface area contributed by atoms with E-state index in [0.29, 0.717) is 11.6 Å². The van der Waals surface area contributed by atoms with Crippen LogP contribution in [-0.4, -0.2) is 33.2 Å². The molecule has 0 radical (unpaired) electrons. The third kappa shape index (κ3) is 6.39. The number of allylic oxidation sites excluding steroid dienone is 5. The van der Waals surface area contributed by atoms with Crippen molar-refractivity contribution < 1.29 is 0 Å². The Morgan fingerprint density at radius 1 is 0.755 bits per heavy atom. The van der Waals surface area contributed by atoms with Crippen LogP contribution in [0.15, 0.2) is 120 Å². The van der Waals surface area contributed by atoms with Gasteiger partial charge in [-0.25, -0.2) is 9.83 Å². The summed E-state index contributed by atoms with van der Waals surface area (Å²) >= 11 is 1.62. The second-order valence-corrected chi connectivity index (χ2v) is 15.3. The van der Waals surface area contributed by atoms with Gasteiger partial charge in [-0.15, -0.1) is 11.3 Å². The summed E-state index contributed by atoms with van der Waals surface area (Å²) in [5.74, 6) is 0.465. The first-order valence-corrected chi connectivity index (χ1v) is 17.8. The number of rotatable bonds is 7. The summed E-state index contributed by atoms with van der Waals surface area (Å²) < 4.78 is 1.12. The molecule has 2 aliphatic rings. The fourth-order valence-corrected chi connectivity index (χ4v) is 8.36. The van der Waals surface area contributed by atoms with E-state index < -0.39 is 0 Å². The summed E-state index contributed by atoms with van der Waals surface area (Å²) in [5, 5.41) is 0.824. The molecular weight excluding hydrogens is 619 g/mol. The number of hydrogen-bond donors (Lipinski definition) is 0. The van der Waals surface area contributed by atoms with E-state index in [1.54, 1.807) is 11.3 Å². The molecule has 1 atom stereocenters. The minimum Gasteiger partial charge on any atom is -0.378 e. The quantitative estimate of drug-likeness (QED) is 0.162. The Hall–Kier alpha value is -5.12. The topological polar surface area (TPSA) is 27.0 Å². The van der Waals surface area contributed by atoms with Crippen molar-refractivity contribution in [3.63, 3.8) is 0 Å². The van der Waals surface area contributed by atoms with Crippen molar-refractivity contribution >= 4 is 61.3 Å². The Labute approximate surface area is 295 Å². The minimum absolute atomic E-state index is 0.0582. The van der Waals surface area contributed by atoms with E-state index in [1.165, 1.54) is 28.1 Å². The van der Waals surface area contributed by atoms with E-state index in [0.717, 1.165) is 57.1 Å². The molecule has 0 bridgehead atoms. The lowest BCUT2D eigenvalue weighted by molar-refractivity contribution is 0.228. The lowest BCUT2D eigenvalue weighted by Gasteiger charge is -2.42. The van der Waals surface area contributed by atoms with E-state index >= 15 is 0 Å². The maximum Gasteiger partial charge on any atom is 0.225 e. The van der Waals surface area contributed by atoms with Gasteiger partial charge in [-0.05, 0) is 126 Å². The molecule has 5 aromatic rings. The van der Waals surface area contributed by atoms with Crippen LogP contribution >= 0.6 is 11.3 Å². The third-order valence-electron chi connectivity index (χ3n) is 10.0.